The summed E-state index contributed by atoms with van der Waals surface area (Å²) >= 11 is 1.32. The van der Waals surface area contributed by atoms with Gasteiger partial charge in [0.05, 0.1) is 6.04 Å². The molecule has 2 amide bonds. The van der Waals surface area contributed by atoms with E-state index in [-0.39, 0.29) is 12.1 Å². The van der Waals surface area contributed by atoms with E-state index in [2.05, 4.69) is 68.9 Å². The van der Waals surface area contributed by atoms with E-state index in [9.17, 15) is 4.79 Å². The Morgan fingerprint density at radius 1 is 0.926 bits per heavy atom. The zero-order valence-electron chi connectivity index (χ0n) is 14.9. The first-order valence-corrected chi connectivity index (χ1v) is 9.85. The van der Waals surface area contributed by atoms with Gasteiger partial charge in [-0.05, 0) is 11.1 Å². The predicted molar refractivity (Wildman–Crippen MR) is 107 cm³/mol. The highest BCUT2D eigenvalue weighted by Gasteiger charge is 2.28. The van der Waals surface area contributed by atoms with E-state index >= 15 is 0 Å². The highest BCUT2D eigenvalue weighted by molar-refractivity contribution is 7.13. The monoisotopic (exact) mass is 379 g/mol. The summed E-state index contributed by atoms with van der Waals surface area (Å²) < 4.78 is 0. The minimum absolute atomic E-state index is 0.109. The van der Waals surface area contributed by atoms with E-state index in [1.807, 2.05) is 17.0 Å². The molecule has 1 aliphatic rings. The van der Waals surface area contributed by atoms with Gasteiger partial charge in [-0.1, -0.05) is 72.0 Å². The molecule has 0 spiro atoms. The van der Waals surface area contributed by atoms with Crippen LogP contribution in [0.4, 0.5) is 9.93 Å². The van der Waals surface area contributed by atoms with Gasteiger partial charge >= 0.3 is 6.03 Å². The number of aromatic nitrogens is 2. The first-order valence-electron chi connectivity index (χ1n) is 8.97. The van der Waals surface area contributed by atoms with Crippen LogP contribution in [0.15, 0.2) is 66.2 Å². The minimum atomic E-state index is -0.109. The highest BCUT2D eigenvalue weighted by atomic mass is 32.1. The van der Waals surface area contributed by atoms with Crippen molar-refractivity contribution in [3.05, 3.63) is 77.3 Å². The third-order valence-electron chi connectivity index (χ3n) is 4.77. The number of amides is 2. The number of piperazine rings is 1. The van der Waals surface area contributed by atoms with Crippen LogP contribution in [0.25, 0.3) is 0 Å². The molecule has 0 atom stereocenters. The molecule has 1 N–H and O–H groups in total. The molecule has 0 aliphatic carbocycles. The van der Waals surface area contributed by atoms with Gasteiger partial charge < -0.3 is 4.90 Å². The maximum atomic E-state index is 12.4. The van der Waals surface area contributed by atoms with Gasteiger partial charge in [0.25, 0.3) is 0 Å². The van der Waals surface area contributed by atoms with E-state index < -0.39 is 0 Å². The maximum absolute atomic E-state index is 12.4. The Morgan fingerprint density at radius 3 is 2.04 bits per heavy atom. The Bertz CT molecular complexity index is 809. The van der Waals surface area contributed by atoms with Crippen LogP contribution in [0.3, 0.4) is 0 Å². The van der Waals surface area contributed by atoms with E-state index in [1.165, 1.54) is 22.5 Å². The fraction of sp³-hybridized carbons (Fsp3) is 0.250. The lowest BCUT2D eigenvalue weighted by molar-refractivity contribution is 0.126. The molecular weight excluding hydrogens is 358 g/mol. The van der Waals surface area contributed by atoms with Gasteiger partial charge in [-0.15, -0.1) is 10.2 Å². The molecular formula is C20H21N5OS. The molecule has 1 aliphatic heterocycles. The van der Waals surface area contributed by atoms with Crippen LogP contribution in [0.1, 0.15) is 17.2 Å². The van der Waals surface area contributed by atoms with Gasteiger partial charge in [0.1, 0.15) is 5.51 Å². The van der Waals surface area contributed by atoms with Crippen LogP contribution in [0.5, 0.6) is 0 Å². The van der Waals surface area contributed by atoms with Crippen molar-refractivity contribution < 1.29 is 4.79 Å². The molecule has 4 rings (SSSR count). The van der Waals surface area contributed by atoms with Gasteiger partial charge in [0.15, 0.2) is 0 Å². The lowest BCUT2D eigenvalue weighted by Crippen LogP contribution is -2.51. The summed E-state index contributed by atoms with van der Waals surface area (Å²) in [6.45, 7) is 3.00. The quantitative estimate of drug-likeness (QED) is 0.754. The molecule has 6 nitrogen and oxygen atoms in total. The highest BCUT2D eigenvalue weighted by Crippen LogP contribution is 2.29. The Kier molecular flexibility index (Phi) is 5.41. The van der Waals surface area contributed by atoms with Crippen LogP contribution in [0, 0.1) is 0 Å². The molecule has 7 heteroatoms. The first kappa shape index (κ1) is 17.6. The number of hydrogen-bond acceptors (Lipinski definition) is 5. The lowest BCUT2D eigenvalue weighted by atomic mass is 9.96. The van der Waals surface area contributed by atoms with Crippen molar-refractivity contribution in [2.24, 2.45) is 0 Å². The molecule has 0 saturated carbocycles. The van der Waals surface area contributed by atoms with E-state index in [0.29, 0.717) is 18.2 Å². The zero-order chi connectivity index (χ0) is 18.5. The van der Waals surface area contributed by atoms with Gasteiger partial charge in [-0.3, -0.25) is 10.2 Å². The van der Waals surface area contributed by atoms with Gasteiger partial charge in [-0.2, -0.15) is 0 Å². The third kappa shape index (κ3) is 4.15. The molecule has 1 saturated heterocycles. The van der Waals surface area contributed by atoms with Gasteiger partial charge in [0.2, 0.25) is 5.13 Å². The second-order valence-corrected chi connectivity index (χ2v) is 7.25. The van der Waals surface area contributed by atoms with Crippen molar-refractivity contribution in [2.75, 3.05) is 31.5 Å². The van der Waals surface area contributed by atoms with Gasteiger partial charge in [0, 0.05) is 26.2 Å². The van der Waals surface area contributed by atoms with Crippen LogP contribution in [0.2, 0.25) is 0 Å². The predicted octanol–water partition coefficient (Wildman–Crippen LogP) is 3.48. The fourth-order valence-corrected chi connectivity index (χ4v) is 3.90. The number of urea groups is 1. The number of carbonyl (C=O) groups is 1. The van der Waals surface area contributed by atoms with Crippen molar-refractivity contribution >= 4 is 22.5 Å². The summed E-state index contributed by atoms with van der Waals surface area (Å²) in [6, 6.07) is 21.2. The van der Waals surface area contributed by atoms with Crippen LogP contribution in [-0.4, -0.2) is 52.2 Å². The van der Waals surface area contributed by atoms with Crippen LogP contribution in [-0.2, 0) is 0 Å². The Balaban J connectivity index is 1.46. The van der Waals surface area contributed by atoms with Crippen LogP contribution < -0.4 is 5.32 Å². The number of nitrogens with zero attached hydrogens (tertiary/aromatic N) is 4. The average molecular weight is 379 g/mol. The summed E-state index contributed by atoms with van der Waals surface area (Å²) in [7, 11) is 0. The zero-order valence-corrected chi connectivity index (χ0v) is 15.7. The number of carbonyl (C=O) groups excluding carboxylic acids is 1. The molecule has 0 bridgehead atoms. The largest absolute Gasteiger partial charge is 0.323 e. The van der Waals surface area contributed by atoms with Crippen molar-refractivity contribution in [3.8, 4) is 0 Å². The van der Waals surface area contributed by atoms with Gasteiger partial charge in [-0.25, -0.2) is 4.79 Å². The number of anilines is 1. The maximum Gasteiger partial charge on any atom is 0.323 e. The summed E-state index contributed by atoms with van der Waals surface area (Å²) in [5.74, 6) is 0. The molecule has 0 unspecified atom stereocenters. The standard InChI is InChI=1S/C20H21N5OS/c26-20(22-19-23-21-15-27-19)25-13-11-24(12-14-25)18(16-7-3-1-4-8-16)17-9-5-2-6-10-17/h1-10,15,18H,11-14H2,(H,22,23,26). The molecule has 138 valence electrons. The molecule has 0 radical (unpaired) electrons. The van der Waals surface area contributed by atoms with Crippen molar-refractivity contribution in [1.29, 1.82) is 0 Å². The Labute approximate surface area is 162 Å². The normalized spacial score (nSPS) is 15.1. The van der Waals surface area contributed by atoms with Crippen LogP contribution >= 0.6 is 11.3 Å². The Morgan fingerprint density at radius 2 is 1.52 bits per heavy atom. The van der Waals surface area contributed by atoms with E-state index in [1.54, 1.807) is 5.51 Å². The SMILES string of the molecule is O=C(Nc1nncs1)N1CCN(C(c2ccccc2)c2ccccc2)CC1. The number of hydrogen-bond donors (Lipinski definition) is 1. The average Bonchev–Trinajstić information content (AvgIpc) is 3.23. The number of nitrogens with one attached hydrogen (secondary N) is 1. The fourth-order valence-electron chi connectivity index (χ4n) is 3.47. The lowest BCUT2D eigenvalue weighted by Gasteiger charge is -2.39. The molecule has 1 aromatic heterocycles. The van der Waals surface area contributed by atoms with Crippen molar-refractivity contribution in [3.63, 3.8) is 0 Å². The minimum Gasteiger partial charge on any atom is -0.322 e. The van der Waals surface area contributed by atoms with E-state index in [0.717, 1.165) is 13.1 Å². The first-order chi connectivity index (χ1) is 13.3. The number of rotatable bonds is 4. The molecule has 1 fully saturated rings. The number of benzene rings is 2. The van der Waals surface area contributed by atoms with Crippen molar-refractivity contribution in [1.82, 2.24) is 20.0 Å². The second-order valence-electron chi connectivity index (χ2n) is 6.42. The smallest absolute Gasteiger partial charge is 0.322 e. The topological polar surface area (TPSA) is 61.4 Å². The summed E-state index contributed by atoms with van der Waals surface area (Å²) in [6.07, 6.45) is 0. The summed E-state index contributed by atoms with van der Waals surface area (Å²) in [5, 5.41) is 11.0. The summed E-state index contributed by atoms with van der Waals surface area (Å²) in [4.78, 5) is 16.7. The Hall–Kier alpha value is -2.77. The molecule has 27 heavy (non-hydrogen) atoms. The molecule has 2 heterocycles. The molecule has 2 aromatic carbocycles. The second kappa shape index (κ2) is 8.28. The van der Waals surface area contributed by atoms with Crippen molar-refractivity contribution in [2.45, 2.75) is 6.04 Å². The van der Waals surface area contributed by atoms with E-state index in [4.69, 9.17) is 0 Å². The summed E-state index contributed by atoms with van der Waals surface area (Å²) in [5.41, 5.74) is 4.16. The molecule has 3 aromatic rings. The third-order valence-corrected chi connectivity index (χ3v) is 5.38.